The standard InChI is InChI=1S/C9H11NO.ClH/c1-7(9(10)11)8-5-3-2-4-6-8;/h2-7H,1H3,(H2,10,11);1H. The molecule has 0 aliphatic rings. The predicted octanol–water partition coefficient (Wildman–Crippen LogP) is 1.70. The average Bonchev–Trinajstić information content (AvgIpc) is 2.05. The van der Waals surface area contributed by atoms with Gasteiger partial charge in [-0.05, 0) is 12.5 Å². The summed E-state index contributed by atoms with van der Waals surface area (Å²) in [5.74, 6) is -0.465. The fourth-order valence-electron chi connectivity index (χ4n) is 0.906. The molecule has 1 amide bonds. The van der Waals surface area contributed by atoms with Crippen LogP contribution in [0.5, 0.6) is 0 Å². The maximum absolute atomic E-state index is 10.7. The molecule has 0 bridgehead atoms. The van der Waals surface area contributed by atoms with Crippen LogP contribution >= 0.6 is 12.4 Å². The second kappa shape index (κ2) is 4.78. The van der Waals surface area contributed by atoms with Crippen molar-refractivity contribution in [1.29, 1.82) is 0 Å². The van der Waals surface area contributed by atoms with E-state index in [1.165, 1.54) is 0 Å². The van der Waals surface area contributed by atoms with E-state index < -0.39 is 0 Å². The molecule has 0 saturated carbocycles. The number of amides is 1. The molecule has 0 aliphatic heterocycles. The number of hydrogen-bond donors (Lipinski definition) is 1. The van der Waals surface area contributed by atoms with Gasteiger partial charge in [0.25, 0.3) is 0 Å². The highest BCUT2D eigenvalue weighted by Gasteiger charge is 2.09. The zero-order valence-electron chi connectivity index (χ0n) is 6.86. The lowest BCUT2D eigenvalue weighted by Gasteiger charge is -2.05. The van der Waals surface area contributed by atoms with Crippen LogP contribution in [-0.4, -0.2) is 5.91 Å². The lowest BCUT2D eigenvalue weighted by atomic mass is 10.0. The summed E-state index contributed by atoms with van der Waals surface area (Å²) in [6.45, 7) is 1.80. The van der Waals surface area contributed by atoms with Crippen LogP contribution in [0.25, 0.3) is 0 Å². The third kappa shape index (κ3) is 2.55. The van der Waals surface area contributed by atoms with Gasteiger partial charge in [-0.1, -0.05) is 30.3 Å². The number of rotatable bonds is 2. The summed E-state index contributed by atoms with van der Waals surface area (Å²) in [6.07, 6.45) is 0. The molecule has 0 aliphatic carbocycles. The van der Waals surface area contributed by atoms with Gasteiger partial charge < -0.3 is 5.73 Å². The number of benzene rings is 1. The van der Waals surface area contributed by atoms with E-state index in [9.17, 15) is 4.79 Å². The van der Waals surface area contributed by atoms with Crippen molar-refractivity contribution in [1.82, 2.24) is 0 Å². The fourth-order valence-corrected chi connectivity index (χ4v) is 0.906. The average molecular weight is 186 g/mol. The molecular formula is C9H12ClNO. The Labute approximate surface area is 78.2 Å². The third-order valence-electron chi connectivity index (χ3n) is 1.73. The topological polar surface area (TPSA) is 43.1 Å². The number of carbonyl (C=O) groups excluding carboxylic acids is 1. The summed E-state index contributed by atoms with van der Waals surface area (Å²) in [4.78, 5) is 10.7. The zero-order valence-corrected chi connectivity index (χ0v) is 7.67. The van der Waals surface area contributed by atoms with Gasteiger partial charge >= 0.3 is 0 Å². The summed E-state index contributed by atoms with van der Waals surface area (Å²) >= 11 is 0. The molecule has 3 heteroatoms. The molecule has 1 aromatic rings. The van der Waals surface area contributed by atoms with Crippen LogP contribution < -0.4 is 5.73 Å². The summed E-state index contributed by atoms with van der Waals surface area (Å²) in [5.41, 5.74) is 6.10. The van der Waals surface area contributed by atoms with E-state index in [1.807, 2.05) is 30.3 Å². The minimum Gasteiger partial charge on any atom is -0.369 e. The van der Waals surface area contributed by atoms with Crippen molar-refractivity contribution in [3.63, 3.8) is 0 Å². The van der Waals surface area contributed by atoms with Gasteiger partial charge in [-0.3, -0.25) is 4.79 Å². The fraction of sp³-hybridized carbons (Fsp3) is 0.222. The molecule has 0 heterocycles. The van der Waals surface area contributed by atoms with Gasteiger partial charge in [0.05, 0.1) is 5.92 Å². The third-order valence-corrected chi connectivity index (χ3v) is 1.73. The van der Waals surface area contributed by atoms with Gasteiger partial charge in [0.15, 0.2) is 0 Å². The van der Waals surface area contributed by atoms with Crippen molar-refractivity contribution in [3.8, 4) is 0 Å². The summed E-state index contributed by atoms with van der Waals surface area (Å²) < 4.78 is 0. The maximum Gasteiger partial charge on any atom is 0.224 e. The van der Waals surface area contributed by atoms with Crippen LogP contribution in [0.15, 0.2) is 30.3 Å². The van der Waals surface area contributed by atoms with Crippen molar-refractivity contribution < 1.29 is 4.79 Å². The summed E-state index contributed by atoms with van der Waals surface area (Å²) in [6, 6.07) is 9.51. The van der Waals surface area contributed by atoms with E-state index in [0.29, 0.717) is 0 Å². The van der Waals surface area contributed by atoms with E-state index >= 15 is 0 Å². The Balaban J connectivity index is 0.00000121. The first kappa shape index (κ1) is 11.0. The minimum atomic E-state index is -0.281. The molecule has 0 aromatic heterocycles. The van der Waals surface area contributed by atoms with Gasteiger partial charge in [0, 0.05) is 0 Å². The van der Waals surface area contributed by atoms with Gasteiger partial charge in [-0.2, -0.15) is 0 Å². The Morgan fingerprint density at radius 1 is 1.33 bits per heavy atom. The lowest BCUT2D eigenvalue weighted by Crippen LogP contribution is -2.18. The summed E-state index contributed by atoms with van der Waals surface area (Å²) in [7, 11) is 0. The smallest absolute Gasteiger partial charge is 0.224 e. The van der Waals surface area contributed by atoms with Crippen LogP contribution in [0, 0.1) is 0 Å². The molecule has 1 unspecified atom stereocenters. The van der Waals surface area contributed by atoms with E-state index in [1.54, 1.807) is 6.92 Å². The maximum atomic E-state index is 10.7. The molecule has 1 rings (SSSR count). The normalized spacial score (nSPS) is 11.4. The van der Waals surface area contributed by atoms with Crippen molar-refractivity contribution in [2.24, 2.45) is 5.73 Å². The Hall–Kier alpha value is -1.02. The molecule has 1 aromatic carbocycles. The zero-order chi connectivity index (χ0) is 8.27. The highest BCUT2D eigenvalue weighted by molar-refractivity contribution is 5.85. The SMILES string of the molecule is CC(C(N)=O)c1ccccc1.Cl. The van der Waals surface area contributed by atoms with Gasteiger partial charge in [-0.15, -0.1) is 12.4 Å². The van der Waals surface area contributed by atoms with Crippen molar-refractivity contribution >= 4 is 18.3 Å². The van der Waals surface area contributed by atoms with E-state index in [-0.39, 0.29) is 24.2 Å². The number of primary amides is 1. The lowest BCUT2D eigenvalue weighted by molar-refractivity contribution is -0.119. The Morgan fingerprint density at radius 3 is 2.25 bits per heavy atom. The number of nitrogens with two attached hydrogens (primary N) is 1. The first-order valence-corrected chi connectivity index (χ1v) is 3.56. The number of hydrogen-bond acceptors (Lipinski definition) is 1. The summed E-state index contributed by atoms with van der Waals surface area (Å²) in [5, 5.41) is 0. The largest absolute Gasteiger partial charge is 0.369 e. The molecule has 0 saturated heterocycles. The second-order valence-electron chi connectivity index (χ2n) is 2.53. The molecule has 0 radical (unpaired) electrons. The van der Waals surface area contributed by atoms with Gasteiger partial charge in [-0.25, -0.2) is 0 Å². The van der Waals surface area contributed by atoms with E-state index in [0.717, 1.165) is 5.56 Å². The second-order valence-corrected chi connectivity index (χ2v) is 2.53. The molecule has 1 atom stereocenters. The highest BCUT2D eigenvalue weighted by atomic mass is 35.5. The minimum absolute atomic E-state index is 0. The molecule has 0 fully saturated rings. The first-order chi connectivity index (χ1) is 5.22. The van der Waals surface area contributed by atoms with E-state index in [4.69, 9.17) is 5.73 Å². The monoisotopic (exact) mass is 185 g/mol. The number of carbonyl (C=O) groups is 1. The number of halogens is 1. The predicted molar refractivity (Wildman–Crippen MR) is 51.3 cm³/mol. The molecule has 66 valence electrons. The molecule has 12 heavy (non-hydrogen) atoms. The van der Waals surface area contributed by atoms with Crippen LogP contribution in [0.3, 0.4) is 0 Å². The van der Waals surface area contributed by atoms with Crippen molar-refractivity contribution in [3.05, 3.63) is 35.9 Å². The van der Waals surface area contributed by atoms with Gasteiger partial charge in [0.1, 0.15) is 0 Å². The van der Waals surface area contributed by atoms with Crippen LogP contribution in [0.4, 0.5) is 0 Å². The molecule has 2 N–H and O–H groups in total. The Kier molecular flexibility index (Phi) is 4.37. The Bertz CT molecular complexity index is 248. The first-order valence-electron chi connectivity index (χ1n) is 3.56. The van der Waals surface area contributed by atoms with Crippen LogP contribution in [-0.2, 0) is 4.79 Å². The molecule has 2 nitrogen and oxygen atoms in total. The van der Waals surface area contributed by atoms with Crippen LogP contribution in [0.1, 0.15) is 18.4 Å². The van der Waals surface area contributed by atoms with E-state index in [2.05, 4.69) is 0 Å². The van der Waals surface area contributed by atoms with Crippen LogP contribution in [0.2, 0.25) is 0 Å². The Morgan fingerprint density at radius 2 is 1.83 bits per heavy atom. The highest BCUT2D eigenvalue weighted by Crippen LogP contribution is 2.12. The van der Waals surface area contributed by atoms with Crippen molar-refractivity contribution in [2.45, 2.75) is 12.8 Å². The molecular weight excluding hydrogens is 174 g/mol. The van der Waals surface area contributed by atoms with Crippen molar-refractivity contribution in [2.75, 3.05) is 0 Å². The quantitative estimate of drug-likeness (QED) is 0.749. The molecule has 0 spiro atoms. The van der Waals surface area contributed by atoms with Gasteiger partial charge in [0.2, 0.25) is 5.91 Å².